The first-order valence-electron chi connectivity index (χ1n) is 6.45. The van der Waals surface area contributed by atoms with Crippen LogP contribution < -0.4 is 9.64 Å². The lowest BCUT2D eigenvalue weighted by Crippen LogP contribution is -2.57. The van der Waals surface area contributed by atoms with Gasteiger partial charge in [-0.3, -0.25) is 0 Å². The Bertz CT molecular complexity index is 583. The number of hydrogen-bond donors (Lipinski definition) is 0. The van der Waals surface area contributed by atoms with E-state index in [2.05, 4.69) is 17.0 Å². The van der Waals surface area contributed by atoms with E-state index < -0.39 is 4.33 Å². The summed E-state index contributed by atoms with van der Waals surface area (Å²) in [5.74, 6) is 0.841. The van der Waals surface area contributed by atoms with Crippen LogP contribution in [0.15, 0.2) is 54.6 Å². The molecule has 104 valence electrons. The molecule has 20 heavy (non-hydrogen) atoms. The number of nitrogens with zero attached hydrogens (tertiary/aromatic N) is 1. The minimum atomic E-state index is -0.749. The second-order valence-electron chi connectivity index (χ2n) is 4.90. The summed E-state index contributed by atoms with van der Waals surface area (Å²) in [5.41, 5.74) is 2.22. The molecule has 0 bridgehead atoms. The van der Waals surface area contributed by atoms with Crippen LogP contribution in [0.1, 0.15) is 11.6 Å². The first-order valence-corrected chi connectivity index (χ1v) is 7.21. The van der Waals surface area contributed by atoms with Crippen LogP contribution in [0.2, 0.25) is 0 Å². The molecule has 1 atom stereocenters. The van der Waals surface area contributed by atoms with Crippen LogP contribution in [0, 0.1) is 0 Å². The standard InChI is InChI=1S/C16H15Cl2NO/c1-20-14-9-7-13(8-10-14)19-11-16(17,18)15(19)12-5-3-2-4-6-12/h2-10,15H,11H2,1H3. The van der Waals surface area contributed by atoms with Crippen LogP contribution in [-0.4, -0.2) is 18.0 Å². The first kappa shape index (κ1) is 13.6. The van der Waals surface area contributed by atoms with Crippen LogP contribution in [0.25, 0.3) is 0 Å². The van der Waals surface area contributed by atoms with E-state index >= 15 is 0 Å². The van der Waals surface area contributed by atoms with Crippen molar-refractivity contribution in [1.82, 2.24) is 0 Å². The zero-order valence-corrected chi connectivity index (χ0v) is 12.6. The molecule has 2 nitrogen and oxygen atoms in total. The molecule has 0 amide bonds. The minimum absolute atomic E-state index is 0.0274. The fourth-order valence-electron chi connectivity index (χ4n) is 2.59. The Labute approximate surface area is 128 Å². The van der Waals surface area contributed by atoms with Gasteiger partial charge in [0.1, 0.15) is 5.75 Å². The van der Waals surface area contributed by atoms with Gasteiger partial charge in [-0.2, -0.15) is 0 Å². The van der Waals surface area contributed by atoms with Crippen LogP contribution in [0.3, 0.4) is 0 Å². The summed E-state index contributed by atoms with van der Waals surface area (Å²) in [6, 6.07) is 18.0. The number of rotatable bonds is 3. The molecule has 0 aliphatic carbocycles. The van der Waals surface area contributed by atoms with Gasteiger partial charge in [0.05, 0.1) is 19.7 Å². The Morgan fingerprint density at radius 1 is 1.05 bits per heavy atom. The number of methoxy groups -OCH3 is 1. The molecule has 1 saturated heterocycles. The lowest BCUT2D eigenvalue weighted by atomic mass is 9.92. The fourth-order valence-corrected chi connectivity index (χ4v) is 3.34. The zero-order valence-electron chi connectivity index (χ0n) is 11.1. The van der Waals surface area contributed by atoms with Crippen molar-refractivity contribution >= 4 is 28.9 Å². The Balaban J connectivity index is 1.90. The smallest absolute Gasteiger partial charge is 0.159 e. The lowest BCUT2D eigenvalue weighted by molar-refractivity contribution is 0.413. The van der Waals surface area contributed by atoms with Crippen LogP contribution >= 0.6 is 23.2 Å². The van der Waals surface area contributed by atoms with Crippen molar-refractivity contribution < 1.29 is 4.74 Å². The van der Waals surface area contributed by atoms with Crippen LogP contribution in [0.4, 0.5) is 5.69 Å². The van der Waals surface area contributed by atoms with Gasteiger partial charge in [0.25, 0.3) is 0 Å². The van der Waals surface area contributed by atoms with E-state index in [1.807, 2.05) is 42.5 Å². The second-order valence-corrected chi connectivity index (χ2v) is 6.44. The van der Waals surface area contributed by atoms with E-state index in [1.165, 1.54) is 0 Å². The summed E-state index contributed by atoms with van der Waals surface area (Å²) in [4.78, 5) is 2.20. The monoisotopic (exact) mass is 307 g/mol. The van der Waals surface area contributed by atoms with Crippen molar-refractivity contribution in [2.24, 2.45) is 0 Å². The summed E-state index contributed by atoms with van der Waals surface area (Å²) in [7, 11) is 1.66. The van der Waals surface area contributed by atoms with Crippen molar-refractivity contribution in [2.75, 3.05) is 18.6 Å². The molecular weight excluding hydrogens is 293 g/mol. The van der Waals surface area contributed by atoms with Gasteiger partial charge in [-0.05, 0) is 29.8 Å². The number of hydrogen-bond acceptors (Lipinski definition) is 2. The molecule has 0 radical (unpaired) electrons. The first-order chi connectivity index (χ1) is 9.62. The van der Waals surface area contributed by atoms with Crippen molar-refractivity contribution in [3.8, 4) is 5.75 Å². The quantitative estimate of drug-likeness (QED) is 0.778. The third-order valence-corrected chi connectivity index (χ3v) is 4.26. The lowest BCUT2D eigenvalue weighted by Gasteiger charge is -2.52. The van der Waals surface area contributed by atoms with E-state index in [0.717, 1.165) is 17.0 Å². The van der Waals surface area contributed by atoms with Crippen molar-refractivity contribution in [3.05, 3.63) is 60.2 Å². The molecule has 0 saturated carbocycles. The highest BCUT2D eigenvalue weighted by atomic mass is 35.5. The number of benzene rings is 2. The van der Waals surface area contributed by atoms with Gasteiger partial charge >= 0.3 is 0 Å². The van der Waals surface area contributed by atoms with Gasteiger partial charge in [0.2, 0.25) is 0 Å². The molecule has 1 fully saturated rings. The average molecular weight is 308 g/mol. The average Bonchev–Trinajstić information content (AvgIpc) is 2.46. The number of alkyl halides is 2. The highest BCUT2D eigenvalue weighted by Crippen LogP contribution is 2.51. The zero-order chi connectivity index (χ0) is 14.2. The Morgan fingerprint density at radius 3 is 2.25 bits per heavy atom. The number of anilines is 1. The maximum atomic E-state index is 6.41. The topological polar surface area (TPSA) is 12.5 Å². The van der Waals surface area contributed by atoms with Gasteiger partial charge in [0, 0.05) is 5.69 Å². The third kappa shape index (κ3) is 2.34. The molecule has 2 aromatic rings. The number of ether oxygens (including phenoxy) is 1. The maximum absolute atomic E-state index is 6.41. The SMILES string of the molecule is COc1ccc(N2CC(Cl)(Cl)C2c2ccccc2)cc1. The highest BCUT2D eigenvalue weighted by Gasteiger charge is 2.51. The van der Waals surface area contributed by atoms with E-state index in [-0.39, 0.29) is 6.04 Å². The molecular formula is C16H15Cl2NO. The second kappa shape index (κ2) is 5.19. The Hall–Kier alpha value is -1.38. The molecule has 1 aliphatic rings. The van der Waals surface area contributed by atoms with E-state index in [4.69, 9.17) is 27.9 Å². The maximum Gasteiger partial charge on any atom is 0.159 e. The number of halogens is 2. The molecule has 0 N–H and O–H groups in total. The minimum Gasteiger partial charge on any atom is -0.497 e. The molecule has 1 heterocycles. The van der Waals surface area contributed by atoms with Gasteiger partial charge in [-0.15, -0.1) is 0 Å². The van der Waals surface area contributed by atoms with Gasteiger partial charge in [-0.1, -0.05) is 53.5 Å². The third-order valence-electron chi connectivity index (χ3n) is 3.61. The van der Waals surface area contributed by atoms with E-state index in [9.17, 15) is 0 Å². The molecule has 0 spiro atoms. The largest absolute Gasteiger partial charge is 0.497 e. The normalized spacial score (nSPS) is 20.4. The Kier molecular flexibility index (Phi) is 3.53. The van der Waals surface area contributed by atoms with E-state index in [1.54, 1.807) is 7.11 Å². The summed E-state index contributed by atoms with van der Waals surface area (Å²) >= 11 is 12.8. The Morgan fingerprint density at radius 2 is 1.70 bits per heavy atom. The fraction of sp³-hybridized carbons (Fsp3) is 0.250. The molecule has 4 heteroatoms. The molecule has 0 aromatic heterocycles. The predicted octanol–water partition coefficient (Wildman–Crippen LogP) is 4.43. The van der Waals surface area contributed by atoms with Gasteiger partial charge < -0.3 is 9.64 Å². The molecule has 1 aliphatic heterocycles. The predicted molar refractivity (Wildman–Crippen MR) is 84.0 cm³/mol. The molecule has 1 unspecified atom stereocenters. The summed E-state index contributed by atoms with van der Waals surface area (Å²) < 4.78 is 4.43. The van der Waals surface area contributed by atoms with Gasteiger partial charge in [-0.25, -0.2) is 0 Å². The summed E-state index contributed by atoms with van der Waals surface area (Å²) in [6.45, 7) is 0.613. The van der Waals surface area contributed by atoms with E-state index in [0.29, 0.717) is 6.54 Å². The van der Waals surface area contributed by atoms with Crippen molar-refractivity contribution in [1.29, 1.82) is 0 Å². The molecule has 2 aromatic carbocycles. The van der Waals surface area contributed by atoms with Crippen LogP contribution in [0.5, 0.6) is 5.75 Å². The molecule has 3 rings (SSSR count). The summed E-state index contributed by atoms with van der Waals surface area (Å²) in [5, 5.41) is 0. The van der Waals surface area contributed by atoms with Crippen molar-refractivity contribution in [3.63, 3.8) is 0 Å². The van der Waals surface area contributed by atoms with Gasteiger partial charge in [0.15, 0.2) is 4.33 Å². The van der Waals surface area contributed by atoms with Crippen molar-refractivity contribution in [2.45, 2.75) is 10.4 Å². The highest BCUT2D eigenvalue weighted by molar-refractivity contribution is 6.50. The summed E-state index contributed by atoms with van der Waals surface area (Å²) in [6.07, 6.45) is 0. The van der Waals surface area contributed by atoms with Crippen LogP contribution in [-0.2, 0) is 0 Å².